The van der Waals surface area contributed by atoms with Crippen molar-refractivity contribution in [1.29, 1.82) is 0 Å². The average Bonchev–Trinajstić information content (AvgIpc) is 3.13. The summed E-state index contributed by atoms with van der Waals surface area (Å²) in [5.74, 6) is 0.186. The minimum absolute atomic E-state index is 0.0865. The minimum Gasteiger partial charge on any atom is -0.497 e. The number of carbonyl (C=O) groups excluding carboxylic acids is 2. The van der Waals surface area contributed by atoms with Gasteiger partial charge in [0.15, 0.2) is 0 Å². The van der Waals surface area contributed by atoms with Gasteiger partial charge in [-0.15, -0.1) is 0 Å². The second kappa shape index (κ2) is 9.55. The fraction of sp³-hybridized carbons (Fsp3) is 0.333. The molecular formula is C24H28N2O5. The van der Waals surface area contributed by atoms with Gasteiger partial charge in [-0.1, -0.05) is 30.3 Å². The number of amides is 1. The zero-order chi connectivity index (χ0) is 22.4. The lowest BCUT2D eigenvalue weighted by molar-refractivity contribution is -0.147. The van der Waals surface area contributed by atoms with Crippen LogP contribution < -0.4 is 10.1 Å². The molecule has 0 aliphatic carbocycles. The number of hydrogen-bond acceptors (Lipinski definition) is 5. The first-order chi connectivity index (χ1) is 14.7. The molecule has 2 N–H and O–H groups in total. The normalized spacial score (nSPS) is 12.3. The molecule has 1 amide bonds. The Morgan fingerprint density at radius 2 is 1.77 bits per heavy atom. The highest BCUT2D eigenvalue weighted by Crippen LogP contribution is 2.20. The Hall–Kier alpha value is -3.48. The summed E-state index contributed by atoms with van der Waals surface area (Å²) < 4.78 is 16.0. The number of hydrogen-bond donors (Lipinski definition) is 2. The third kappa shape index (κ3) is 6.25. The summed E-state index contributed by atoms with van der Waals surface area (Å²) in [7, 11) is 1.59. The van der Waals surface area contributed by atoms with Gasteiger partial charge < -0.3 is 24.5 Å². The molecule has 3 aromatic rings. The number of nitrogens with one attached hydrogen (secondary N) is 2. The summed E-state index contributed by atoms with van der Waals surface area (Å²) in [5.41, 5.74) is 2.00. The van der Waals surface area contributed by atoms with Crippen LogP contribution in [0.1, 0.15) is 31.9 Å². The lowest BCUT2D eigenvalue weighted by atomic mass is 10.1. The molecule has 1 unspecified atom stereocenters. The van der Waals surface area contributed by atoms with Crippen LogP contribution in [-0.2, 0) is 27.3 Å². The quantitative estimate of drug-likeness (QED) is 0.550. The maximum atomic E-state index is 12.9. The average molecular weight is 424 g/mol. The van der Waals surface area contributed by atoms with E-state index in [4.69, 9.17) is 14.2 Å². The van der Waals surface area contributed by atoms with Gasteiger partial charge in [-0.25, -0.2) is 9.59 Å². The number of esters is 1. The van der Waals surface area contributed by atoms with Crippen molar-refractivity contribution in [2.45, 2.75) is 45.4 Å². The first-order valence-corrected chi connectivity index (χ1v) is 10.1. The highest BCUT2D eigenvalue weighted by Gasteiger charge is 2.27. The van der Waals surface area contributed by atoms with Gasteiger partial charge in [-0.05, 0) is 50.1 Å². The Morgan fingerprint density at radius 3 is 2.45 bits per heavy atom. The van der Waals surface area contributed by atoms with Crippen molar-refractivity contribution in [2.24, 2.45) is 0 Å². The molecule has 2 aromatic carbocycles. The summed E-state index contributed by atoms with van der Waals surface area (Å²) in [4.78, 5) is 28.4. The molecule has 0 fully saturated rings. The number of aromatic amines is 1. The van der Waals surface area contributed by atoms with E-state index in [9.17, 15) is 9.59 Å². The molecule has 0 aliphatic rings. The number of ether oxygens (including phenoxy) is 3. The van der Waals surface area contributed by atoms with Crippen molar-refractivity contribution in [2.75, 3.05) is 7.11 Å². The van der Waals surface area contributed by atoms with Crippen LogP contribution in [0.15, 0.2) is 54.7 Å². The smallest absolute Gasteiger partial charge is 0.408 e. The van der Waals surface area contributed by atoms with E-state index < -0.39 is 23.7 Å². The largest absolute Gasteiger partial charge is 0.497 e. The summed E-state index contributed by atoms with van der Waals surface area (Å²) in [6.45, 7) is 5.39. The summed E-state index contributed by atoms with van der Waals surface area (Å²) >= 11 is 0. The summed E-state index contributed by atoms with van der Waals surface area (Å²) in [6.07, 6.45) is 1.44. The molecule has 1 aromatic heterocycles. The molecule has 164 valence electrons. The first kappa shape index (κ1) is 22.2. The second-order valence-electron chi connectivity index (χ2n) is 8.22. The van der Waals surface area contributed by atoms with Crippen LogP contribution in [0.5, 0.6) is 5.75 Å². The molecule has 0 radical (unpaired) electrons. The van der Waals surface area contributed by atoms with E-state index >= 15 is 0 Å². The van der Waals surface area contributed by atoms with Gasteiger partial charge in [0.1, 0.15) is 24.0 Å². The Labute approximate surface area is 181 Å². The molecule has 0 aliphatic heterocycles. The van der Waals surface area contributed by atoms with Gasteiger partial charge in [0.2, 0.25) is 0 Å². The Balaban J connectivity index is 1.73. The standard InChI is InChI=1S/C24H28N2O5/c1-24(2,3)31-23(28)26-21(13-17-14-25-20-8-6-5-7-19(17)20)22(27)30-15-16-9-11-18(29-4)12-10-16/h5-12,14,21,25H,13,15H2,1-4H3,(H,26,28). The van der Waals surface area contributed by atoms with Crippen molar-refractivity contribution in [1.82, 2.24) is 10.3 Å². The molecule has 1 heterocycles. The molecule has 1 atom stereocenters. The van der Waals surface area contributed by atoms with Gasteiger partial charge in [-0.2, -0.15) is 0 Å². The van der Waals surface area contributed by atoms with E-state index in [0.717, 1.165) is 27.8 Å². The summed E-state index contributed by atoms with van der Waals surface area (Å²) in [5, 5.41) is 3.65. The lowest BCUT2D eigenvalue weighted by Crippen LogP contribution is -2.45. The fourth-order valence-corrected chi connectivity index (χ4v) is 3.14. The highest BCUT2D eigenvalue weighted by molar-refractivity contribution is 5.86. The van der Waals surface area contributed by atoms with Crippen molar-refractivity contribution in [3.05, 3.63) is 65.9 Å². The SMILES string of the molecule is COc1ccc(COC(=O)C(Cc2c[nH]c3ccccc23)NC(=O)OC(C)(C)C)cc1. The van der Waals surface area contributed by atoms with E-state index in [1.807, 2.05) is 42.6 Å². The Morgan fingerprint density at radius 1 is 1.06 bits per heavy atom. The van der Waals surface area contributed by atoms with E-state index in [1.54, 1.807) is 40.0 Å². The monoisotopic (exact) mass is 424 g/mol. The number of fused-ring (bicyclic) bond motifs is 1. The summed E-state index contributed by atoms with van der Waals surface area (Å²) in [6, 6.07) is 14.1. The third-order valence-electron chi connectivity index (χ3n) is 4.61. The van der Waals surface area contributed by atoms with Crippen LogP contribution in [0.4, 0.5) is 4.79 Å². The minimum atomic E-state index is -0.896. The van der Waals surface area contributed by atoms with Crippen molar-refractivity contribution >= 4 is 23.0 Å². The van der Waals surface area contributed by atoms with Gasteiger partial charge in [0, 0.05) is 23.5 Å². The van der Waals surface area contributed by atoms with E-state index in [2.05, 4.69) is 10.3 Å². The van der Waals surface area contributed by atoms with Gasteiger partial charge in [0.05, 0.1) is 7.11 Å². The number of para-hydroxylation sites is 1. The Bertz CT molecular complexity index is 1030. The topological polar surface area (TPSA) is 89.7 Å². The number of H-pyrrole nitrogens is 1. The van der Waals surface area contributed by atoms with Crippen molar-refractivity contribution in [3.63, 3.8) is 0 Å². The molecule has 0 bridgehead atoms. The molecule has 31 heavy (non-hydrogen) atoms. The fourth-order valence-electron chi connectivity index (χ4n) is 3.14. The molecule has 7 nitrogen and oxygen atoms in total. The molecular weight excluding hydrogens is 396 g/mol. The number of aromatic nitrogens is 1. The van der Waals surface area contributed by atoms with Crippen LogP contribution in [0.3, 0.4) is 0 Å². The molecule has 3 rings (SSSR count). The number of methoxy groups -OCH3 is 1. The molecule has 7 heteroatoms. The van der Waals surface area contributed by atoms with Crippen LogP contribution in [0.2, 0.25) is 0 Å². The molecule has 0 saturated carbocycles. The van der Waals surface area contributed by atoms with Crippen molar-refractivity contribution < 1.29 is 23.8 Å². The third-order valence-corrected chi connectivity index (χ3v) is 4.61. The highest BCUT2D eigenvalue weighted by atomic mass is 16.6. The first-order valence-electron chi connectivity index (χ1n) is 10.1. The van der Waals surface area contributed by atoms with Crippen LogP contribution in [-0.4, -0.2) is 35.8 Å². The number of alkyl carbamates (subject to hydrolysis) is 1. The van der Waals surface area contributed by atoms with E-state index in [1.165, 1.54) is 0 Å². The van der Waals surface area contributed by atoms with Crippen molar-refractivity contribution in [3.8, 4) is 5.75 Å². The zero-order valence-corrected chi connectivity index (χ0v) is 18.2. The van der Waals surface area contributed by atoms with E-state index in [0.29, 0.717) is 0 Å². The predicted molar refractivity (Wildman–Crippen MR) is 118 cm³/mol. The number of benzene rings is 2. The number of rotatable bonds is 7. The maximum absolute atomic E-state index is 12.9. The molecule has 0 saturated heterocycles. The maximum Gasteiger partial charge on any atom is 0.408 e. The Kier molecular flexibility index (Phi) is 6.84. The molecule has 0 spiro atoms. The van der Waals surface area contributed by atoms with Crippen LogP contribution in [0, 0.1) is 0 Å². The second-order valence-corrected chi connectivity index (χ2v) is 8.22. The van der Waals surface area contributed by atoms with Gasteiger partial charge in [0.25, 0.3) is 0 Å². The number of carbonyl (C=O) groups is 2. The predicted octanol–water partition coefficient (Wildman–Crippen LogP) is 4.36. The van der Waals surface area contributed by atoms with Gasteiger partial charge >= 0.3 is 12.1 Å². The van der Waals surface area contributed by atoms with Gasteiger partial charge in [-0.3, -0.25) is 0 Å². The van der Waals surface area contributed by atoms with E-state index in [-0.39, 0.29) is 13.0 Å². The van der Waals surface area contributed by atoms with Crippen LogP contribution >= 0.6 is 0 Å². The van der Waals surface area contributed by atoms with Crippen LogP contribution in [0.25, 0.3) is 10.9 Å². The lowest BCUT2D eigenvalue weighted by Gasteiger charge is -2.23. The zero-order valence-electron chi connectivity index (χ0n) is 18.2.